The topological polar surface area (TPSA) is 35.5 Å². The summed E-state index contributed by atoms with van der Waals surface area (Å²) in [5.41, 5.74) is -0.284. The van der Waals surface area contributed by atoms with E-state index in [0.29, 0.717) is 5.56 Å². The summed E-state index contributed by atoms with van der Waals surface area (Å²) in [6.07, 6.45) is 0. The number of rotatable bonds is 4. The van der Waals surface area contributed by atoms with Gasteiger partial charge in [0.25, 0.3) is 0 Å². The molecule has 0 atom stereocenters. The average Bonchev–Trinajstić information content (AvgIpc) is 2.16. The van der Waals surface area contributed by atoms with E-state index in [1.807, 2.05) is 0 Å². The molecule has 1 rings (SSSR count). The molecule has 0 saturated carbocycles. The van der Waals surface area contributed by atoms with Gasteiger partial charge in [-0.2, -0.15) is 8.78 Å². The molecule has 0 bridgehead atoms. The summed E-state index contributed by atoms with van der Waals surface area (Å²) in [6, 6.07) is 5.70. The first-order valence-electron chi connectivity index (χ1n) is 3.94. The van der Waals surface area contributed by atoms with Crippen LogP contribution in [0.4, 0.5) is 13.6 Å². The van der Waals surface area contributed by atoms with Gasteiger partial charge in [0, 0.05) is 11.6 Å². The van der Waals surface area contributed by atoms with E-state index in [0.717, 1.165) is 0 Å². The Balaban J connectivity index is 2.52. The van der Waals surface area contributed by atoms with Crippen molar-refractivity contribution < 1.29 is 23.0 Å². The van der Waals surface area contributed by atoms with Crippen LogP contribution in [0.25, 0.3) is 0 Å². The largest absolute Gasteiger partial charge is 0.449 e. The number of halogens is 3. The van der Waals surface area contributed by atoms with Gasteiger partial charge < -0.3 is 9.47 Å². The highest BCUT2D eigenvalue weighted by Gasteiger charge is 2.04. The van der Waals surface area contributed by atoms with Crippen LogP contribution in [0.5, 0.6) is 5.75 Å². The van der Waals surface area contributed by atoms with Crippen LogP contribution in [-0.2, 0) is 11.3 Å². The molecule has 0 amide bonds. The Labute approximate surface area is 89.5 Å². The maximum atomic E-state index is 11.8. The van der Waals surface area contributed by atoms with E-state index in [9.17, 15) is 13.6 Å². The molecular weight excluding hydrogens is 230 g/mol. The Bertz CT molecular complexity index is 327. The molecule has 0 heterocycles. The normalized spacial score (nSPS) is 10.1. The van der Waals surface area contributed by atoms with Gasteiger partial charge in [0.2, 0.25) is 0 Å². The Morgan fingerprint density at radius 1 is 1.33 bits per heavy atom. The summed E-state index contributed by atoms with van der Waals surface area (Å²) in [5.74, 6) is 0.0472. The van der Waals surface area contributed by atoms with Crippen LogP contribution in [0.1, 0.15) is 5.56 Å². The maximum absolute atomic E-state index is 11.8. The standard InChI is InChI=1S/C9H7ClF2O3/c10-8(13)14-5-6-1-3-7(4-2-6)15-9(11)12/h1-4,9H,5H2. The smallest absolute Gasteiger partial charge is 0.404 e. The quantitative estimate of drug-likeness (QED) is 0.754. The molecule has 0 aliphatic heterocycles. The number of benzene rings is 1. The molecule has 6 heteroatoms. The van der Waals surface area contributed by atoms with Gasteiger partial charge in [-0.15, -0.1) is 0 Å². The summed E-state index contributed by atoms with van der Waals surface area (Å²) in [6.45, 7) is -2.85. The second kappa shape index (κ2) is 5.50. The molecule has 15 heavy (non-hydrogen) atoms. The molecule has 0 fully saturated rings. The Hall–Kier alpha value is -1.36. The van der Waals surface area contributed by atoms with Crippen LogP contribution in [0.2, 0.25) is 0 Å². The number of hydrogen-bond acceptors (Lipinski definition) is 3. The van der Waals surface area contributed by atoms with Gasteiger partial charge in [-0.3, -0.25) is 0 Å². The third-order valence-electron chi connectivity index (χ3n) is 1.50. The van der Waals surface area contributed by atoms with Gasteiger partial charge in [-0.25, -0.2) is 4.79 Å². The van der Waals surface area contributed by atoms with Crippen molar-refractivity contribution in [2.75, 3.05) is 0 Å². The average molecular weight is 237 g/mol. The van der Waals surface area contributed by atoms with Crippen LogP contribution in [-0.4, -0.2) is 12.0 Å². The van der Waals surface area contributed by atoms with Crippen molar-refractivity contribution in [3.8, 4) is 5.75 Å². The zero-order valence-corrected chi connectivity index (χ0v) is 8.21. The minimum absolute atomic E-state index is 0.00269. The third kappa shape index (κ3) is 4.60. The maximum Gasteiger partial charge on any atom is 0.404 e. The van der Waals surface area contributed by atoms with Crippen molar-refractivity contribution in [1.82, 2.24) is 0 Å². The van der Waals surface area contributed by atoms with Crippen LogP contribution in [0.3, 0.4) is 0 Å². The highest BCUT2D eigenvalue weighted by Crippen LogP contribution is 2.15. The van der Waals surface area contributed by atoms with Crippen LogP contribution in [0, 0.1) is 0 Å². The molecule has 0 unspecified atom stereocenters. The first-order valence-corrected chi connectivity index (χ1v) is 4.32. The predicted molar refractivity (Wildman–Crippen MR) is 49.1 cm³/mol. The highest BCUT2D eigenvalue weighted by molar-refractivity contribution is 6.61. The molecule has 0 radical (unpaired) electrons. The van der Waals surface area contributed by atoms with Gasteiger partial charge in [-0.05, 0) is 17.7 Å². The molecule has 0 aliphatic rings. The van der Waals surface area contributed by atoms with Gasteiger partial charge in [0.1, 0.15) is 12.4 Å². The Kier molecular flexibility index (Phi) is 4.30. The van der Waals surface area contributed by atoms with Crippen molar-refractivity contribution in [3.05, 3.63) is 29.8 Å². The second-order valence-corrected chi connectivity index (χ2v) is 2.86. The van der Waals surface area contributed by atoms with Crippen LogP contribution < -0.4 is 4.74 Å². The first-order chi connectivity index (χ1) is 7.08. The number of hydrogen-bond donors (Lipinski definition) is 0. The van der Waals surface area contributed by atoms with E-state index in [1.54, 1.807) is 0 Å². The number of alkyl halides is 2. The predicted octanol–water partition coefficient (Wildman–Crippen LogP) is 3.16. The van der Waals surface area contributed by atoms with Crippen molar-refractivity contribution in [2.24, 2.45) is 0 Å². The minimum atomic E-state index is -2.85. The van der Waals surface area contributed by atoms with E-state index in [2.05, 4.69) is 9.47 Å². The zero-order chi connectivity index (χ0) is 11.3. The number of ether oxygens (including phenoxy) is 2. The SMILES string of the molecule is O=C(Cl)OCc1ccc(OC(F)F)cc1. The second-order valence-electron chi connectivity index (χ2n) is 2.55. The van der Waals surface area contributed by atoms with Crippen molar-refractivity contribution in [3.63, 3.8) is 0 Å². The fraction of sp³-hybridized carbons (Fsp3) is 0.222. The fourth-order valence-electron chi connectivity index (χ4n) is 0.907. The molecule has 0 N–H and O–H groups in total. The Morgan fingerprint density at radius 2 is 1.93 bits per heavy atom. The lowest BCUT2D eigenvalue weighted by Crippen LogP contribution is -2.02. The van der Waals surface area contributed by atoms with Gasteiger partial charge in [0.15, 0.2) is 0 Å². The van der Waals surface area contributed by atoms with Crippen molar-refractivity contribution in [1.29, 1.82) is 0 Å². The minimum Gasteiger partial charge on any atom is -0.449 e. The molecular formula is C9H7ClF2O3. The zero-order valence-electron chi connectivity index (χ0n) is 7.45. The molecule has 0 aliphatic carbocycles. The van der Waals surface area contributed by atoms with Crippen molar-refractivity contribution >= 4 is 17.0 Å². The molecule has 1 aromatic carbocycles. The molecule has 0 saturated heterocycles. The Morgan fingerprint density at radius 3 is 2.40 bits per heavy atom. The molecule has 0 aromatic heterocycles. The summed E-state index contributed by atoms with van der Waals surface area (Å²) in [4.78, 5) is 10.2. The van der Waals surface area contributed by atoms with E-state index in [1.165, 1.54) is 24.3 Å². The number of carbonyl (C=O) groups excluding carboxylic acids is 1. The highest BCUT2D eigenvalue weighted by atomic mass is 35.5. The summed E-state index contributed by atoms with van der Waals surface area (Å²) < 4.78 is 32.1. The van der Waals surface area contributed by atoms with E-state index in [-0.39, 0.29) is 12.4 Å². The summed E-state index contributed by atoms with van der Waals surface area (Å²) in [7, 11) is 0. The van der Waals surface area contributed by atoms with E-state index < -0.39 is 12.0 Å². The van der Waals surface area contributed by atoms with Gasteiger partial charge in [0.05, 0.1) is 0 Å². The summed E-state index contributed by atoms with van der Waals surface area (Å²) in [5, 5.41) is 0. The molecule has 3 nitrogen and oxygen atoms in total. The van der Waals surface area contributed by atoms with Crippen molar-refractivity contribution in [2.45, 2.75) is 13.2 Å². The molecule has 0 spiro atoms. The lowest BCUT2D eigenvalue weighted by molar-refractivity contribution is -0.0498. The fourth-order valence-corrected chi connectivity index (χ4v) is 0.962. The van der Waals surface area contributed by atoms with Crippen LogP contribution >= 0.6 is 11.6 Å². The number of carbonyl (C=O) groups is 1. The summed E-state index contributed by atoms with van der Waals surface area (Å²) >= 11 is 4.94. The molecule has 82 valence electrons. The lowest BCUT2D eigenvalue weighted by Gasteiger charge is -2.05. The molecule has 1 aromatic rings. The van der Waals surface area contributed by atoms with E-state index >= 15 is 0 Å². The lowest BCUT2D eigenvalue weighted by atomic mass is 10.2. The van der Waals surface area contributed by atoms with E-state index in [4.69, 9.17) is 11.6 Å². The van der Waals surface area contributed by atoms with Gasteiger partial charge >= 0.3 is 12.0 Å². The third-order valence-corrected chi connectivity index (χ3v) is 1.61. The first kappa shape index (κ1) is 11.7. The van der Waals surface area contributed by atoms with Gasteiger partial charge in [-0.1, -0.05) is 12.1 Å². The van der Waals surface area contributed by atoms with Crippen LogP contribution in [0.15, 0.2) is 24.3 Å². The monoisotopic (exact) mass is 236 g/mol.